The molecule has 0 bridgehead atoms. The van der Waals surface area contributed by atoms with Crippen molar-refractivity contribution in [2.24, 2.45) is 0 Å². The van der Waals surface area contributed by atoms with E-state index in [9.17, 15) is 23.1 Å². The van der Waals surface area contributed by atoms with Crippen LogP contribution in [0, 0.1) is 0 Å². The van der Waals surface area contributed by atoms with Crippen LogP contribution in [-0.2, 0) is 26.0 Å². The Hall–Kier alpha value is -3.89. The summed E-state index contributed by atoms with van der Waals surface area (Å²) in [5.41, 5.74) is 2.29. The van der Waals surface area contributed by atoms with Gasteiger partial charge in [-0.3, -0.25) is 4.79 Å². The van der Waals surface area contributed by atoms with E-state index in [0.717, 1.165) is 15.4 Å². The lowest BCUT2D eigenvalue weighted by Gasteiger charge is -2.25. The number of ether oxygens (including phenoxy) is 2. The van der Waals surface area contributed by atoms with Crippen LogP contribution in [0.3, 0.4) is 0 Å². The van der Waals surface area contributed by atoms with Gasteiger partial charge < -0.3 is 19.9 Å². The van der Waals surface area contributed by atoms with Gasteiger partial charge >= 0.3 is 5.97 Å². The third-order valence-electron chi connectivity index (χ3n) is 6.58. The first kappa shape index (κ1) is 27.2. The molecule has 4 rings (SSSR count). The number of aliphatic carboxylic acids is 1. The lowest BCUT2D eigenvalue weighted by molar-refractivity contribution is -0.142. The topological polar surface area (TPSA) is 122 Å². The van der Waals surface area contributed by atoms with Gasteiger partial charge in [0.2, 0.25) is 15.9 Å². The Kier molecular flexibility index (Phi) is 8.33. The second kappa shape index (κ2) is 11.7. The van der Waals surface area contributed by atoms with Gasteiger partial charge in [0, 0.05) is 13.0 Å². The van der Waals surface area contributed by atoms with Crippen molar-refractivity contribution in [1.29, 1.82) is 0 Å². The Morgan fingerprint density at radius 2 is 1.61 bits per heavy atom. The normalized spacial score (nSPS) is 16.5. The Morgan fingerprint density at radius 3 is 2.18 bits per heavy atom. The van der Waals surface area contributed by atoms with Gasteiger partial charge in [-0.2, -0.15) is 4.31 Å². The standard InChI is InChI=1S/C28H30N2O7S/c1-36-24-11-6-12-25(37-2)26(24)20-15-13-19(14-16-20)18-22(28(32)33)29-27(31)23-10-7-17-30(23)38(34,35)21-8-4-3-5-9-21/h3-6,8-9,11-16,22-23H,7,10,17-18H2,1-2H3,(H,29,31)(H,32,33)/t22-,23-/m0/s1. The molecule has 0 aromatic heterocycles. The Balaban J connectivity index is 1.49. The lowest BCUT2D eigenvalue weighted by Crippen LogP contribution is -2.51. The summed E-state index contributed by atoms with van der Waals surface area (Å²) in [6, 6.07) is 18.4. The largest absolute Gasteiger partial charge is 0.496 e. The van der Waals surface area contributed by atoms with Crippen molar-refractivity contribution in [2.75, 3.05) is 20.8 Å². The molecule has 38 heavy (non-hydrogen) atoms. The molecule has 2 N–H and O–H groups in total. The summed E-state index contributed by atoms with van der Waals surface area (Å²) in [4.78, 5) is 25.2. The van der Waals surface area contributed by atoms with Crippen LogP contribution in [0.2, 0.25) is 0 Å². The van der Waals surface area contributed by atoms with Crippen molar-refractivity contribution in [3.05, 3.63) is 78.4 Å². The van der Waals surface area contributed by atoms with Crippen LogP contribution in [0.15, 0.2) is 77.7 Å². The first-order valence-corrected chi connectivity index (χ1v) is 13.6. The van der Waals surface area contributed by atoms with E-state index in [2.05, 4.69) is 5.32 Å². The minimum Gasteiger partial charge on any atom is -0.496 e. The number of methoxy groups -OCH3 is 2. The fourth-order valence-corrected chi connectivity index (χ4v) is 6.34. The number of benzene rings is 3. The zero-order valence-corrected chi connectivity index (χ0v) is 22.0. The van der Waals surface area contributed by atoms with E-state index in [4.69, 9.17) is 9.47 Å². The number of nitrogens with zero attached hydrogens (tertiary/aromatic N) is 1. The summed E-state index contributed by atoms with van der Waals surface area (Å²) in [6.07, 6.45) is 0.859. The summed E-state index contributed by atoms with van der Waals surface area (Å²) in [5, 5.41) is 12.4. The predicted octanol–water partition coefficient (Wildman–Crippen LogP) is 3.34. The average molecular weight is 539 g/mol. The molecule has 0 radical (unpaired) electrons. The quantitative estimate of drug-likeness (QED) is 0.406. The van der Waals surface area contributed by atoms with Crippen LogP contribution in [0.1, 0.15) is 18.4 Å². The SMILES string of the molecule is COc1cccc(OC)c1-c1ccc(C[C@H](NC(=O)[C@@H]2CCCN2S(=O)(=O)c2ccccc2)C(=O)O)cc1. The molecule has 200 valence electrons. The smallest absolute Gasteiger partial charge is 0.326 e. The maximum Gasteiger partial charge on any atom is 0.326 e. The lowest BCUT2D eigenvalue weighted by atomic mass is 9.99. The molecule has 0 aliphatic carbocycles. The fraction of sp³-hybridized carbons (Fsp3) is 0.286. The van der Waals surface area contributed by atoms with Crippen molar-refractivity contribution < 1.29 is 32.6 Å². The molecule has 2 atom stereocenters. The molecule has 3 aromatic carbocycles. The van der Waals surface area contributed by atoms with Crippen LogP contribution in [0.4, 0.5) is 0 Å². The van der Waals surface area contributed by atoms with Gasteiger partial charge in [-0.1, -0.05) is 48.5 Å². The van der Waals surface area contributed by atoms with E-state index >= 15 is 0 Å². The molecule has 1 heterocycles. The van der Waals surface area contributed by atoms with Gasteiger partial charge in [0.15, 0.2) is 0 Å². The van der Waals surface area contributed by atoms with Crippen LogP contribution in [-0.4, -0.2) is 62.6 Å². The van der Waals surface area contributed by atoms with Crippen LogP contribution >= 0.6 is 0 Å². The molecule has 0 saturated carbocycles. The van der Waals surface area contributed by atoms with E-state index in [0.29, 0.717) is 29.9 Å². The van der Waals surface area contributed by atoms with Crippen molar-refractivity contribution in [1.82, 2.24) is 9.62 Å². The first-order valence-electron chi connectivity index (χ1n) is 12.2. The van der Waals surface area contributed by atoms with Crippen LogP contribution < -0.4 is 14.8 Å². The summed E-state index contributed by atoms with van der Waals surface area (Å²) in [7, 11) is -0.740. The maximum atomic E-state index is 13.1. The fourth-order valence-electron chi connectivity index (χ4n) is 4.66. The molecule has 9 nitrogen and oxygen atoms in total. The molecular formula is C28H30N2O7S. The van der Waals surface area contributed by atoms with Crippen molar-refractivity contribution in [3.8, 4) is 22.6 Å². The van der Waals surface area contributed by atoms with Crippen molar-refractivity contribution in [2.45, 2.75) is 36.2 Å². The van der Waals surface area contributed by atoms with Gasteiger partial charge in [0.1, 0.15) is 23.6 Å². The predicted molar refractivity (Wildman–Crippen MR) is 142 cm³/mol. The highest BCUT2D eigenvalue weighted by Crippen LogP contribution is 2.38. The third kappa shape index (κ3) is 5.66. The monoisotopic (exact) mass is 538 g/mol. The number of nitrogens with one attached hydrogen (secondary N) is 1. The van der Waals surface area contributed by atoms with Gasteiger partial charge in [-0.15, -0.1) is 0 Å². The first-order chi connectivity index (χ1) is 18.3. The molecule has 0 spiro atoms. The number of hydrogen-bond donors (Lipinski definition) is 2. The highest BCUT2D eigenvalue weighted by atomic mass is 32.2. The zero-order valence-electron chi connectivity index (χ0n) is 21.2. The number of carbonyl (C=O) groups excluding carboxylic acids is 1. The van der Waals surface area contributed by atoms with Gasteiger partial charge in [0.05, 0.1) is 24.7 Å². The molecule has 1 amide bonds. The molecule has 1 aliphatic heterocycles. The summed E-state index contributed by atoms with van der Waals surface area (Å²) < 4.78 is 38.3. The number of amides is 1. The molecular weight excluding hydrogens is 508 g/mol. The van der Waals surface area contributed by atoms with E-state index in [1.165, 1.54) is 12.1 Å². The summed E-state index contributed by atoms with van der Waals surface area (Å²) >= 11 is 0. The maximum absolute atomic E-state index is 13.1. The van der Waals surface area contributed by atoms with Crippen LogP contribution in [0.25, 0.3) is 11.1 Å². The zero-order chi connectivity index (χ0) is 27.3. The second-order valence-corrected chi connectivity index (χ2v) is 10.8. The van der Waals surface area contributed by atoms with Gasteiger partial charge in [-0.05, 0) is 48.2 Å². The third-order valence-corrected chi connectivity index (χ3v) is 8.50. The van der Waals surface area contributed by atoms with Gasteiger partial charge in [-0.25, -0.2) is 13.2 Å². The number of rotatable bonds is 10. The van der Waals surface area contributed by atoms with Crippen molar-refractivity contribution >= 4 is 21.9 Å². The number of carboxylic acid groups (broad SMARTS) is 1. The van der Waals surface area contributed by atoms with E-state index in [-0.39, 0.29) is 17.9 Å². The van der Waals surface area contributed by atoms with E-state index in [1.54, 1.807) is 44.6 Å². The number of hydrogen-bond acceptors (Lipinski definition) is 6. The number of sulfonamides is 1. The average Bonchev–Trinajstić information content (AvgIpc) is 3.44. The Morgan fingerprint density at radius 1 is 0.974 bits per heavy atom. The number of carboxylic acids is 1. The minimum atomic E-state index is -3.89. The summed E-state index contributed by atoms with van der Waals surface area (Å²) in [6.45, 7) is 0.195. The summed E-state index contributed by atoms with van der Waals surface area (Å²) in [5.74, 6) is -0.548. The molecule has 0 unspecified atom stereocenters. The molecule has 3 aromatic rings. The highest BCUT2D eigenvalue weighted by molar-refractivity contribution is 7.89. The second-order valence-electron chi connectivity index (χ2n) is 8.92. The number of carbonyl (C=O) groups is 2. The minimum absolute atomic E-state index is 0.0303. The Labute approximate surface area is 222 Å². The molecule has 1 saturated heterocycles. The van der Waals surface area contributed by atoms with E-state index in [1.807, 2.05) is 30.3 Å². The Bertz CT molecular complexity index is 1370. The molecule has 1 fully saturated rings. The van der Waals surface area contributed by atoms with Crippen LogP contribution in [0.5, 0.6) is 11.5 Å². The van der Waals surface area contributed by atoms with E-state index < -0.39 is 34.0 Å². The highest BCUT2D eigenvalue weighted by Gasteiger charge is 2.40. The van der Waals surface area contributed by atoms with Gasteiger partial charge in [0.25, 0.3) is 0 Å². The molecule has 10 heteroatoms. The molecule has 1 aliphatic rings. The van der Waals surface area contributed by atoms with Crippen molar-refractivity contribution in [3.63, 3.8) is 0 Å².